The third kappa shape index (κ3) is 4.82. The second-order valence-corrected chi connectivity index (χ2v) is 5.62. The van der Waals surface area contributed by atoms with Gasteiger partial charge in [0, 0.05) is 6.61 Å². The summed E-state index contributed by atoms with van der Waals surface area (Å²) in [5, 5.41) is 9.55. The maximum Gasteiger partial charge on any atom is 0.0462 e. The van der Waals surface area contributed by atoms with Gasteiger partial charge in [0.25, 0.3) is 0 Å². The van der Waals surface area contributed by atoms with Gasteiger partial charge in [0.2, 0.25) is 0 Å². The molecule has 1 N–H and O–H groups in total. The average Bonchev–Trinajstić information content (AvgIpc) is 2.47. The fraction of sp³-hybridized carbons (Fsp3) is 0.368. The SMILES string of the molecule is Cc1cccc(CC(CO)CCCc2ccccc2)c1. The van der Waals surface area contributed by atoms with Crippen molar-refractivity contribution in [2.75, 3.05) is 6.61 Å². The summed E-state index contributed by atoms with van der Waals surface area (Å²) in [6, 6.07) is 19.2. The van der Waals surface area contributed by atoms with E-state index in [4.69, 9.17) is 0 Å². The third-order valence-electron chi connectivity index (χ3n) is 3.79. The number of aryl methyl sites for hydroxylation is 2. The van der Waals surface area contributed by atoms with E-state index in [-0.39, 0.29) is 6.61 Å². The maximum atomic E-state index is 9.55. The number of benzene rings is 2. The van der Waals surface area contributed by atoms with Crippen LogP contribution in [-0.4, -0.2) is 11.7 Å². The van der Waals surface area contributed by atoms with Crippen LogP contribution in [-0.2, 0) is 12.8 Å². The van der Waals surface area contributed by atoms with Crippen molar-refractivity contribution < 1.29 is 5.11 Å². The lowest BCUT2D eigenvalue weighted by atomic mass is 9.93. The first-order valence-electron chi connectivity index (χ1n) is 7.48. The van der Waals surface area contributed by atoms with E-state index in [1.165, 1.54) is 16.7 Å². The largest absolute Gasteiger partial charge is 0.396 e. The lowest BCUT2D eigenvalue weighted by molar-refractivity contribution is 0.216. The molecule has 0 saturated heterocycles. The van der Waals surface area contributed by atoms with Gasteiger partial charge in [0.05, 0.1) is 0 Å². The van der Waals surface area contributed by atoms with Gasteiger partial charge in [-0.1, -0.05) is 60.2 Å². The number of hydrogen-bond acceptors (Lipinski definition) is 1. The molecule has 0 aliphatic carbocycles. The van der Waals surface area contributed by atoms with E-state index in [0.717, 1.165) is 25.7 Å². The first-order valence-corrected chi connectivity index (χ1v) is 7.48. The molecule has 20 heavy (non-hydrogen) atoms. The predicted molar refractivity (Wildman–Crippen MR) is 84.8 cm³/mol. The number of rotatable bonds is 7. The molecule has 2 aromatic rings. The second kappa shape index (κ2) is 7.86. The minimum Gasteiger partial charge on any atom is -0.396 e. The summed E-state index contributed by atoms with van der Waals surface area (Å²) >= 11 is 0. The summed E-state index contributed by atoms with van der Waals surface area (Å²) in [5.41, 5.74) is 4.02. The molecule has 1 nitrogen and oxygen atoms in total. The zero-order valence-corrected chi connectivity index (χ0v) is 12.3. The summed E-state index contributed by atoms with van der Waals surface area (Å²) in [5.74, 6) is 0.375. The first kappa shape index (κ1) is 14.8. The van der Waals surface area contributed by atoms with Crippen molar-refractivity contribution in [1.29, 1.82) is 0 Å². The van der Waals surface area contributed by atoms with E-state index in [9.17, 15) is 5.11 Å². The second-order valence-electron chi connectivity index (χ2n) is 5.62. The molecular weight excluding hydrogens is 244 g/mol. The summed E-state index contributed by atoms with van der Waals surface area (Å²) in [4.78, 5) is 0. The molecule has 0 saturated carbocycles. The minimum atomic E-state index is 0.280. The Hall–Kier alpha value is -1.60. The van der Waals surface area contributed by atoms with Crippen LogP contribution in [0, 0.1) is 12.8 Å². The average molecular weight is 268 g/mol. The van der Waals surface area contributed by atoms with Gasteiger partial charge in [-0.3, -0.25) is 0 Å². The number of hydrogen-bond donors (Lipinski definition) is 1. The van der Waals surface area contributed by atoms with Gasteiger partial charge < -0.3 is 5.11 Å². The Morgan fingerprint density at radius 1 is 0.950 bits per heavy atom. The van der Waals surface area contributed by atoms with Crippen LogP contribution in [0.2, 0.25) is 0 Å². The molecule has 106 valence electrons. The zero-order chi connectivity index (χ0) is 14.2. The van der Waals surface area contributed by atoms with Crippen molar-refractivity contribution in [3.05, 3.63) is 71.3 Å². The Labute approximate surface area is 122 Å². The van der Waals surface area contributed by atoms with E-state index in [1.54, 1.807) is 0 Å². The van der Waals surface area contributed by atoms with Crippen LogP contribution in [0.1, 0.15) is 29.5 Å². The van der Waals surface area contributed by atoms with Crippen molar-refractivity contribution in [2.24, 2.45) is 5.92 Å². The van der Waals surface area contributed by atoms with Crippen molar-refractivity contribution in [1.82, 2.24) is 0 Å². The summed E-state index contributed by atoms with van der Waals surface area (Å²) in [6.07, 6.45) is 4.30. The Balaban J connectivity index is 1.80. The van der Waals surface area contributed by atoms with Gasteiger partial charge in [0.1, 0.15) is 0 Å². The molecule has 2 rings (SSSR count). The van der Waals surface area contributed by atoms with Gasteiger partial charge in [-0.05, 0) is 49.7 Å². The highest BCUT2D eigenvalue weighted by Crippen LogP contribution is 2.16. The van der Waals surface area contributed by atoms with Crippen LogP contribution in [0.3, 0.4) is 0 Å². The summed E-state index contributed by atoms with van der Waals surface area (Å²) < 4.78 is 0. The molecule has 0 heterocycles. The van der Waals surface area contributed by atoms with Crippen molar-refractivity contribution >= 4 is 0 Å². The van der Waals surface area contributed by atoms with E-state index >= 15 is 0 Å². The molecule has 0 aliphatic rings. The lowest BCUT2D eigenvalue weighted by Crippen LogP contribution is -2.10. The maximum absolute atomic E-state index is 9.55. The Bertz CT molecular complexity index is 504. The Morgan fingerprint density at radius 2 is 1.70 bits per heavy atom. The standard InChI is InChI=1S/C19H24O/c1-16-7-5-11-18(13-16)14-19(15-20)12-6-10-17-8-3-2-4-9-17/h2-5,7-9,11,13,19-20H,6,10,12,14-15H2,1H3. The highest BCUT2D eigenvalue weighted by molar-refractivity contribution is 5.22. The van der Waals surface area contributed by atoms with Crippen molar-refractivity contribution in [2.45, 2.75) is 32.6 Å². The highest BCUT2D eigenvalue weighted by atomic mass is 16.3. The van der Waals surface area contributed by atoms with Gasteiger partial charge >= 0.3 is 0 Å². The molecule has 0 radical (unpaired) electrons. The van der Waals surface area contributed by atoms with Gasteiger partial charge in [-0.2, -0.15) is 0 Å². The molecule has 1 unspecified atom stereocenters. The summed E-state index contributed by atoms with van der Waals surface area (Å²) in [6.45, 7) is 2.40. The van der Waals surface area contributed by atoms with Crippen LogP contribution >= 0.6 is 0 Å². The normalized spacial score (nSPS) is 12.3. The Kier molecular flexibility index (Phi) is 5.82. The monoisotopic (exact) mass is 268 g/mol. The predicted octanol–water partition coefficient (Wildman–Crippen LogP) is 4.17. The lowest BCUT2D eigenvalue weighted by Gasteiger charge is -2.14. The van der Waals surface area contributed by atoms with Crippen LogP contribution in [0.25, 0.3) is 0 Å². The minimum absolute atomic E-state index is 0.280. The molecule has 0 bridgehead atoms. The van der Waals surface area contributed by atoms with Crippen molar-refractivity contribution in [3.8, 4) is 0 Å². The Morgan fingerprint density at radius 3 is 2.40 bits per heavy atom. The molecule has 0 fully saturated rings. The third-order valence-corrected chi connectivity index (χ3v) is 3.79. The van der Waals surface area contributed by atoms with Crippen LogP contribution in [0.15, 0.2) is 54.6 Å². The molecular formula is C19H24O. The molecule has 2 aromatic carbocycles. The van der Waals surface area contributed by atoms with Crippen LogP contribution in [0.4, 0.5) is 0 Å². The van der Waals surface area contributed by atoms with Crippen molar-refractivity contribution in [3.63, 3.8) is 0 Å². The van der Waals surface area contributed by atoms with E-state index in [2.05, 4.69) is 61.5 Å². The van der Waals surface area contributed by atoms with E-state index in [1.807, 2.05) is 0 Å². The van der Waals surface area contributed by atoms with Crippen LogP contribution < -0.4 is 0 Å². The fourth-order valence-corrected chi connectivity index (χ4v) is 2.67. The number of aliphatic hydroxyl groups excluding tert-OH is 1. The van der Waals surface area contributed by atoms with Gasteiger partial charge in [-0.25, -0.2) is 0 Å². The quantitative estimate of drug-likeness (QED) is 0.799. The first-order chi connectivity index (χ1) is 9.78. The highest BCUT2D eigenvalue weighted by Gasteiger charge is 2.08. The molecule has 1 heteroatoms. The number of aliphatic hydroxyl groups is 1. The molecule has 0 aromatic heterocycles. The van der Waals surface area contributed by atoms with Gasteiger partial charge in [0.15, 0.2) is 0 Å². The van der Waals surface area contributed by atoms with E-state index < -0.39 is 0 Å². The smallest absolute Gasteiger partial charge is 0.0462 e. The fourth-order valence-electron chi connectivity index (χ4n) is 2.67. The van der Waals surface area contributed by atoms with Crippen LogP contribution in [0.5, 0.6) is 0 Å². The molecule has 0 spiro atoms. The topological polar surface area (TPSA) is 20.2 Å². The molecule has 0 amide bonds. The van der Waals surface area contributed by atoms with E-state index in [0.29, 0.717) is 5.92 Å². The summed E-state index contributed by atoms with van der Waals surface area (Å²) in [7, 11) is 0. The molecule has 0 aliphatic heterocycles. The van der Waals surface area contributed by atoms with Gasteiger partial charge in [-0.15, -0.1) is 0 Å². The zero-order valence-electron chi connectivity index (χ0n) is 12.3. The molecule has 1 atom stereocenters.